The topological polar surface area (TPSA) is 80.6 Å². The summed E-state index contributed by atoms with van der Waals surface area (Å²) in [6.07, 6.45) is 3.81. The Hall–Kier alpha value is -1.12. The standard InChI is InChI=1S/C11H8IN4O2PS/c12-19-16-4-3-10(15-16)20(18)8-1-2-9-7(5-8)6-13-14-11(9)17/h1-6,19H,(H,14,17). The Kier molecular flexibility index (Phi) is 3.95. The van der Waals surface area contributed by atoms with E-state index < -0.39 is 10.8 Å². The number of fused-ring (bicyclic) bond motifs is 1. The van der Waals surface area contributed by atoms with Gasteiger partial charge in [0.05, 0.1) is 18.0 Å². The van der Waals surface area contributed by atoms with Gasteiger partial charge in [-0.05, 0) is 46.3 Å². The summed E-state index contributed by atoms with van der Waals surface area (Å²) in [5.41, 5.74) is -0.254. The number of aromatic amines is 1. The summed E-state index contributed by atoms with van der Waals surface area (Å²) in [5, 5.41) is 12.1. The van der Waals surface area contributed by atoms with Crippen LogP contribution < -0.4 is 5.56 Å². The van der Waals surface area contributed by atoms with Crippen molar-refractivity contribution in [2.45, 2.75) is 9.92 Å². The molecule has 20 heavy (non-hydrogen) atoms. The molecule has 6 nitrogen and oxygen atoms in total. The largest absolute Gasteiger partial charge is 0.272 e. The van der Waals surface area contributed by atoms with Crippen LogP contribution in [0.3, 0.4) is 0 Å². The molecule has 0 radical (unpaired) electrons. The molecule has 102 valence electrons. The Morgan fingerprint density at radius 2 is 2.20 bits per heavy atom. The minimum absolute atomic E-state index is 0.254. The molecular formula is C11H8IN4O2PS. The van der Waals surface area contributed by atoms with E-state index in [1.807, 2.05) is 0 Å². The van der Waals surface area contributed by atoms with Gasteiger partial charge in [0.25, 0.3) is 5.56 Å². The molecule has 0 bridgehead atoms. The van der Waals surface area contributed by atoms with Crippen LogP contribution >= 0.6 is 28.4 Å². The molecule has 1 N–H and O–H groups in total. The molecule has 0 aliphatic carbocycles. The molecule has 2 aromatic heterocycles. The maximum Gasteiger partial charge on any atom is 0.272 e. The average Bonchev–Trinajstić information content (AvgIpc) is 2.95. The van der Waals surface area contributed by atoms with Crippen LogP contribution in [0.5, 0.6) is 0 Å². The highest BCUT2D eigenvalue weighted by Gasteiger charge is 2.11. The molecule has 2 heterocycles. The lowest BCUT2D eigenvalue weighted by Gasteiger charge is -2.01. The predicted molar refractivity (Wildman–Crippen MR) is 87.0 cm³/mol. The van der Waals surface area contributed by atoms with Crippen LogP contribution in [0, 0.1) is 0 Å². The van der Waals surface area contributed by atoms with E-state index in [9.17, 15) is 9.00 Å². The summed E-state index contributed by atoms with van der Waals surface area (Å²) < 4.78 is 14.2. The summed E-state index contributed by atoms with van der Waals surface area (Å²) >= 11 is 2.20. The first-order chi connectivity index (χ1) is 9.69. The van der Waals surface area contributed by atoms with Crippen molar-refractivity contribution in [2.24, 2.45) is 0 Å². The van der Waals surface area contributed by atoms with Crippen molar-refractivity contribution in [1.29, 1.82) is 0 Å². The summed E-state index contributed by atoms with van der Waals surface area (Å²) in [7, 11) is -1.36. The van der Waals surface area contributed by atoms with Gasteiger partial charge in [0.15, 0.2) is 5.03 Å². The fourth-order valence-corrected chi connectivity index (χ4v) is 3.93. The van der Waals surface area contributed by atoms with E-state index in [0.29, 0.717) is 27.1 Å². The summed E-state index contributed by atoms with van der Waals surface area (Å²) in [6.45, 7) is 0. The van der Waals surface area contributed by atoms with Gasteiger partial charge in [0, 0.05) is 16.5 Å². The third kappa shape index (κ3) is 2.55. The number of halogens is 1. The van der Waals surface area contributed by atoms with Gasteiger partial charge in [-0.3, -0.25) is 4.79 Å². The van der Waals surface area contributed by atoms with Crippen molar-refractivity contribution in [2.75, 3.05) is 0 Å². The van der Waals surface area contributed by atoms with Gasteiger partial charge in [0.2, 0.25) is 0 Å². The quantitative estimate of drug-likeness (QED) is 0.522. The fourth-order valence-electron chi connectivity index (χ4n) is 1.76. The molecule has 0 aliphatic rings. The Labute approximate surface area is 130 Å². The molecule has 2 atom stereocenters. The molecule has 0 saturated heterocycles. The van der Waals surface area contributed by atoms with Crippen molar-refractivity contribution in [3.05, 3.63) is 47.0 Å². The second-order valence-electron chi connectivity index (χ2n) is 3.90. The van der Waals surface area contributed by atoms with Gasteiger partial charge in [0.1, 0.15) is 10.8 Å². The first-order valence-electron chi connectivity index (χ1n) is 5.50. The van der Waals surface area contributed by atoms with Gasteiger partial charge >= 0.3 is 0 Å². The van der Waals surface area contributed by atoms with Gasteiger partial charge < -0.3 is 0 Å². The maximum atomic E-state index is 12.4. The lowest BCUT2D eigenvalue weighted by atomic mass is 10.2. The van der Waals surface area contributed by atoms with Crippen molar-refractivity contribution in [3.8, 4) is 0 Å². The maximum absolute atomic E-state index is 12.4. The molecule has 0 spiro atoms. The van der Waals surface area contributed by atoms with Crippen LogP contribution in [0.25, 0.3) is 10.8 Å². The van der Waals surface area contributed by atoms with E-state index in [2.05, 4.69) is 37.3 Å². The van der Waals surface area contributed by atoms with E-state index in [-0.39, 0.29) is 5.56 Å². The zero-order valence-electron chi connectivity index (χ0n) is 9.91. The summed E-state index contributed by atoms with van der Waals surface area (Å²) in [4.78, 5) is 12.2. The molecule has 0 fully saturated rings. The highest BCUT2D eigenvalue weighted by molar-refractivity contribution is 14.2. The molecular weight excluding hydrogens is 410 g/mol. The molecule has 0 amide bonds. The summed E-state index contributed by atoms with van der Waals surface area (Å²) in [5.74, 6) is 0. The molecule has 9 heteroatoms. The number of nitrogens with one attached hydrogen (secondary N) is 1. The van der Waals surface area contributed by atoms with Gasteiger partial charge in [-0.25, -0.2) is 13.8 Å². The van der Waals surface area contributed by atoms with Crippen molar-refractivity contribution < 1.29 is 4.21 Å². The van der Waals surface area contributed by atoms with E-state index in [1.165, 1.54) is 0 Å². The second-order valence-corrected chi connectivity index (χ2v) is 7.40. The van der Waals surface area contributed by atoms with Gasteiger partial charge in [-0.15, -0.1) is 0 Å². The molecule has 2 unspecified atom stereocenters. The number of hydrogen-bond donors (Lipinski definition) is 1. The number of H-pyrrole nitrogens is 1. The number of rotatable bonds is 3. The molecule has 1 aromatic carbocycles. The zero-order chi connectivity index (χ0) is 14.1. The van der Waals surface area contributed by atoms with Gasteiger partial charge in [-0.1, -0.05) is 0 Å². The van der Waals surface area contributed by atoms with Crippen molar-refractivity contribution in [3.63, 3.8) is 0 Å². The minimum Gasteiger partial charge on any atom is -0.267 e. The molecule has 0 aliphatic heterocycles. The lowest BCUT2D eigenvalue weighted by Crippen LogP contribution is -2.07. The SMILES string of the molecule is O=c1[nH]ncc2cc(S(=O)c3ccn(PI)n3)ccc12. The van der Waals surface area contributed by atoms with Gasteiger partial charge in [-0.2, -0.15) is 10.2 Å². The van der Waals surface area contributed by atoms with Crippen LogP contribution in [0.2, 0.25) is 0 Å². The monoisotopic (exact) mass is 418 g/mol. The Balaban J connectivity index is 2.05. The normalized spacial score (nSPS) is 13.2. The van der Waals surface area contributed by atoms with Crippen molar-refractivity contribution in [1.82, 2.24) is 19.7 Å². The first kappa shape index (κ1) is 13.8. The van der Waals surface area contributed by atoms with Crippen LogP contribution in [-0.2, 0) is 10.8 Å². The second kappa shape index (κ2) is 5.71. The summed E-state index contributed by atoms with van der Waals surface area (Å²) in [6, 6.07) is 6.78. The highest BCUT2D eigenvalue weighted by Crippen LogP contribution is 2.24. The Morgan fingerprint density at radius 1 is 1.35 bits per heavy atom. The zero-order valence-corrected chi connectivity index (χ0v) is 13.9. The van der Waals surface area contributed by atoms with E-state index in [4.69, 9.17) is 0 Å². The van der Waals surface area contributed by atoms with E-state index >= 15 is 0 Å². The Bertz CT molecular complexity index is 863. The molecule has 0 saturated carbocycles. The lowest BCUT2D eigenvalue weighted by molar-refractivity contribution is 0.679. The van der Waals surface area contributed by atoms with Crippen LogP contribution in [0.1, 0.15) is 0 Å². The number of benzene rings is 1. The number of hydrogen-bond acceptors (Lipinski definition) is 4. The third-order valence-corrected chi connectivity index (χ3v) is 5.88. The van der Waals surface area contributed by atoms with E-state index in [0.717, 1.165) is 0 Å². The first-order valence-corrected chi connectivity index (χ1v) is 10.7. The smallest absolute Gasteiger partial charge is 0.267 e. The minimum atomic E-state index is -1.36. The van der Waals surface area contributed by atoms with E-state index in [1.54, 1.807) is 41.1 Å². The number of aromatic nitrogens is 4. The third-order valence-electron chi connectivity index (χ3n) is 2.69. The van der Waals surface area contributed by atoms with Crippen LogP contribution in [0.15, 0.2) is 51.4 Å². The fraction of sp³-hybridized carbons (Fsp3) is 0. The highest BCUT2D eigenvalue weighted by atomic mass is 127. The predicted octanol–water partition coefficient (Wildman–Crippen LogP) is 2.08. The Morgan fingerprint density at radius 3 is 2.95 bits per heavy atom. The molecule has 3 aromatic rings. The molecule has 3 rings (SSSR count). The van der Waals surface area contributed by atoms with Crippen LogP contribution in [-0.4, -0.2) is 24.0 Å². The number of nitrogens with zero attached hydrogens (tertiary/aromatic N) is 3. The van der Waals surface area contributed by atoms with Crippen molar-refractivity contribution >= 4 is 50.0 Å². The van der Waals surface area contributed by atoms with Crippen LogP contribution in [0.4, 0.5) is 0 Å². The average molecular weight is 418 g/mol.